The SMILES string of the molecule is CN(Cc1c(F)cccc1Cl)S(=O)(=O)N[C@@H]1[C@H]2CCO[C@@H]2C1(C)C. The van der Waals surface area contributed by atoms with E-state index in [4.69, 9.17) is 16.3 Å². The molecule has 1 aliphatic carbocycles. The van der Waals surface area contributed by atoms with Gasteiger partial charge in [0.15, 0.2) is 0 Å². The van der Waals surface area contributed by atoms with Crippen molar-refractivity contribution in [2.75, 3.05) is 13.7 Å². The Kier molecular flexibility index (Phi) is 4.68. The molecular weight excluding hydrogens is 355 g/mol. The maximum absolute atomic E-state index is 13.9. The Labute approximate surface area is 147 Å². The van der Waals surface area contributed by atoms with E-state index in [2.05, 4.69) is 4.72 Å². The van der Waals surface area contributed by atoms with Crippen LogP contribution in [0.1, 0.15) is 25.8 Å². The number of hydrogen-bond acceptors (Lipinski definition) is 3. The van der Waals surface area contributed by atoms with Crippen molar-refractivity contribution in [2.24, 2.45) is 11.3 Å². The number of hydrogen-bond donors (Lipinski definition) is 1. The molecule has 1 aliphatic heterocycles. The van der Waals surface area contributed by atoms with Crippen LogP contribution in [0.5, 0.6) is 0 Å². The molecule has 3 atom stereocenters. The standard InChI is InChI=1S/C16H22ClFN2O3S/c1-16(2)14(10-7-8-23-15(10)16)19-24(21,22)20(3)9-11-12(17)5-4-6-13(11)18/h4-6,10,14-15,19H,7-9H2,1-3H3/t10-,14-,15+/m1/s1. The summed E-state index contributed by atoms with van der Waals surface area (Å²) in [5.41, 5.74) is -0.0907. The van der Waals surface area contributed by atoms with Crippen LogP contribution in [-0.4, -0.2) is 38.5 Å². The highest BCUT2D eigenvalue weighted by molar-refractivity contribution is 7.87. The van der Waals surface area contributed by atoms with Gasteiger partial charge in [0.05, 0.1) is 6.10 Å². The highest BCUT2D eigenvalue weighted by atomic mass is 35.5. The zero-order valence-electron chi connectivity index (χ0n) is 13.9. The van der Waals surface area contributed by atoms with Crippen LogP contribution >= 0.6 is 11.6 Å². The fourth-order valence-electron chi connectivity index (χ4n) is 3.80. The van der Waals surface area contributed by atoms with E-state index < -0.39 is 16.0 Å². The van der Waals surface area contributed by atoms with Crippen LogP contribution in [-0.2, 0) is 21.5 Å². The van der Waals surface area contributed by atoms with Crippen LogP contribution in [0.2, 0.25) is 5.02 Å². The van der Waals surface area contributed by atoms with E-state index in [-0.39, 0.29) is 40.6 Å². The smallest absolute Gasteiger partial charge is 0.279 e. The van der Waals surface area contributed by atoms with E-state index in [9.17, 15) is 12.8 Å². The van der Waals surface area contributed by atoms with Crippen LogP contribution in [0.4, 0.5) is 4.39 Å². The summed E-state index contributed by atoms with van der Waals surface area (Å²) < 4.78 is 48.7. The molecule has 1 aromatic rings. The largest absolute Gasteiger partial charge is 0.377 e. The molecule has 8 heteroatoms. The summed E-state index contributed by atoms with van der Waals surface area (Å²) in [5.74, 6) is -0.321. The molecule has 1 heterocycles. The Hall–Kier alpha value is -0.730. The highest BCUT2D eigenvalue weighted by Gasteiger charge is 2.60. The first-order valence-corrected chi connectivity index (χ1v) is 9.74. The minimum absolute atomic E-state index is 0.0940. The minimum Gasteiger partial charge on any atom is -0.377 e. The second kappa shape index (κ2) is 6.21. The van der Waals surface area contributed by atoms with Crippen LogP contribution in [0.3, 0.4) is 0 Å². The van der Waals surface area contributed by atoms with Gasteiger partial charge < -0.3 is 4.74 Å². The quantitative estimate of drug-likeness (QED) is 0.859. The van der Waals surface area contributed by atoms with E-state index in [0.717, 1.165) is 10.7 Å². The fraction of sp³-hybridized carbons (Fsp3) is 0.625. The van der Waals surface area contributed by atoms with Gasteiger partial charge in [-0.05, 0) is 18.6 Å². The highest BCUT2D eigenvalue weighted by Crippen LogP contribution is 2.52. The minimum atomic E-state index is -3.76. The third-order valence-corrected chi connectivity index (χ3v) is 7.08. The van der Waals surface area contributed by atoms with Gasteiger partial charge in [0.25, 0.3) is 10.2 Å². The van der Waals surface area contributed by atoms with Crippen molar-refractivity contribution in [2.45, 2.75) is 39.0 Å². The van der Waals surface area contributed by atoms with Gasteiger partial charge in [-0.3, -0.25) is 0 Å². The van der Waals surface area contributed by atoms with Gasteiger partial charge in [-0.1, -0.05) is 31.5 Å². The van der Waals surface area contributed by atoms with Gasteiger partial charge >= 0.3 is 0 Å². The molecule has 2 fully saturated rings. The maximum Gasteiger partial charge on any atom is 0.279 e. The second-order valence-corrected chi connectivity index (χ2v) is 9.34. The van der Waals surface area contributed by atoms with Crippen molar-refractivity contribution in [1.82, 2.24) is 9.03 Å². The molecule has 1 N–H and O–H groups in total. The number of ether oxygens (including phenoxy) is 1. The molecule has 0 radical (unpaired) electrons. The molecule has 0 amide bonds. The van der Waals surface area contributed by atoms with Gasteiger partial charge in [-0.15, -0.1) is 0 Å². The molecule has 134 valence electrons. The van der Waals surface area contributed by atoms with Crippen molar-refractivity contribution in [3.8, 4) is 0 Å². The Bertz CT molecular complexity index is 721. The molecule has 2 aliphatic rings. The lowest BCUT2D eigenvalue weighted by molar-refractivity contribution is -0.105. The van der Waals surface area contributed by atoms with E-state index in [0.29, 0.717) is 6.61 Å². The summed E-state index contributed by atoms with van der Waals surface area (Å²) in [6.45, 7) is 4.54. The third kappa shape index (κ3) is 2.97. The molecule has 24 heavy (non-hydrogen) atoms. The maximum atomic E-state index is 13.9. The molecular formula is C16H22ClFN2O3S. The zero-order chi connectivity index (χ0) is 17.7. The first kappa shape index (κ1) is 18.1. The third-order valence-electron chi connectivity index (χ3n) is 5.23. The van der Waals surface area contributed by atoms with Crippen LogP contribution in [0, 0.1) is 17.2 Å². The molecule has 1 saturated carbocycles. The van der Waals surface area contributed by atoms with E-state index >= 15 is 0 Å². The van der Waals surface area contributed by atoms with Gasteiger partial charge in [-0.2, -0.15) is 17.4 Å². The molecule has 1 saturated heterocycles. The monoisotopic (exact) mass is 376 g/mol. The Morgan fingerprint density at radius 3 is 2.83 bits per heavy atom. The van der Waals surface area contributed by atoms with Crippen molar-refractivity contribution in [3.63, 3.8) is 0 Å². The molecule has 1 aromatic carbocycles. The van der Waals surface area contributed by atoms with E-state index in [1.165, 1.54) is 19.2 Å². The number of fused-ring (bicyclic) bond motifs is 1. The van der Waals surface area contributed by atoms with Crippen molar-refractivity contribution >= 4 is 21.8 Å². The van der Waals surface area contributed by atoms with Crippen LogP contribution < -0.4 is 4.72 Å². The lowest BCUT2D eigenvalue weighted by Crippen LogP contribution is -2.67. The number of rotatable bonds is 5. The number of nitrogens with one attached hydrogen (secondary N) is 1. The van der Waals surface area contributed by atoms with Crippen molar-refractivity contribution in [1.29, 1.82) is 0 Å². The van der Waals surface area contributed by atoms with Gasteiger partial charge in [0, 0.05) is 48.2 Å². The summed E-state index contributed by atoms with van der Waals surface area (Å²) in [7, 11) is -2.34. The van der Waals surface area contributed by atoms with E-state index in [1.807, 2.05) is 13.8 Å². The average molecular weight is 377 g/mol. The lowest BCUT2D eigenvalue weighted by Gasteiger charge is -2.54. The predicted octanol–water partition coefficient (Wildman–Crippen LogP) is 2.56. The van der Waals surface area contributed by atoms with Gasteiger partial charge in [-0.25, -0.2) is 4.39 Å². The summed E-state index contributed by atoms with van der Waals surface area (Å²) in [6.07, 6.45) is 0.945. The summed E-state index contributed by atoms with van der Waals surface area (Å²) >= 11 is 5.99. The Morgan fingerprint density at radius 1 is 1.46 bits per heavy atom. The summed E-state index contributed by atoms with van der Waals surface area (Å²) in [5, 5.41) is 0.213. The topological polar surface area (TPSA) is 58.6 Å². The lowest BCUT2D eigenvalue weighted by atomic mass is 9.58. The van der Waals surface area contributed by atoms with Crippen molar-refractivity contribution < 1.29 is 17.5 Å². The second-order valence-electron chi connectivity index (χ2n) is 7.12. The zero-order valence-corrected chi connectivity index (χ0v) is 15.5. The first-order chi connectivity index (χ1) is 11.1. The summed E-state index contributed by atoms with van der Waals surface area (Å²) in [4.78, 5) is 0. The Balaban J connectivity index is 1.74. The number of nitrogens with zero attached hydrogens (tertiary/aromatic N) is 1. The normalized spacial score (nSPS) is 28.7. The van der Waals surface area contributed by atoms with E-state index in [1.54, 1.807) is 6.07 Å². The Morgan fingerprint density at radius 2 is 2.17 bits per heavy atom. The van der Waals surface area contributed by atoms with Crippen molar-refractivity contribution in [3.05, 3.63) is 34.6 Å². The molecule has 0 unspecified atom stereocenters. The van der Waals surface area contributed by atoms with Gasteiger partial charge in [0.2, 0.25) is 0 Å². The number of halogens is 2. The first-order valence-electron chi connectivity index (χ1n) is 7.92. The molecule has 0 spiro atoms. The van der Waals surface area contributed by atoms with Gasteiger partial charge in [0.1, 0.15) is 5.82 Å². The number of benzene rings is 1. The molecule has 3 rings (SSSR count). The fourth-order valence-corrected chi connectivity index (χ4v) is 5.31. The van der Waals surface area contributed by atoms with Crippen LogP contribution in [0.15, 0.2) is 18.2 Å². The predicted molar refractivity (Wildman–Crippen MR) is 90.3 cm³/mol. The van der Waals surface area contributed by atoms with Crippen LogP contribution in [0.25, 0.3) is 0 Å². The average Bonchev–Trinajstić information content (AvgIpc) is 2.96. The molecule has 5 nitrogen and oxygen atoms in total. The molecule has 0 aromatic heterocycles. The summed E-state index contributed by atoms with van der Waals surface area (Å²) in [6, 6.07) is 4.12. The molecule has 0 bridgehead atoms.